The van der Waals surface area contributed by atoms with Gasteiger partial charge in [0.25, 0.3) is 0 Å². The van der Waals surface area contributed by atoms with Gasteiger partial charge >= 0.3 is 0 Å². The standard InChI is InChI=1S/C25H38ClN/c1-19(27-16-13-20-7-5-4-6-8-20)17-23-10-9-22(18-24(23)26)21-11-14-25(2,3)15-12-21/h9-10,18,20-21H,4-8,11-17H2,1-3H3. The topological polar surface area (TPSA) is 12.4 Å². The first-order valence-electron chi connectivity index (χ1n) is 11.2. The van der Waals surface area contributed by atoms with Gasteiger partial charge in [0.1, 0.15) is 0 Å². The molecule has 1 aromatic rings. The number of aliphatic imine (C=N–C) groups is 1. The van der Waals surface area contributed by atoms with Crippen molar-refractivity contribution in [3.8, 4) is 0 Å². The van der Waals surface area contributed by atoms with Crippen LogP contribution in [-0.2, 0) is 6.42 Å². The second-order valence-corrected chi connectivity index (χ2v) is 10.3. The fraction of sp³-hybridized carbons (Fsp3) is 0.720. The van der Waals surface area contributed by atoms with Gasteiger partial charge in [-0.3, -0.25) is 4.99 Å². The molecule has 2 fully saturated rings. The van der Waals surface area contributed by atoms with E-state index in [-0.39, 0.29) is 0 Å². The van der Waals surface area contributed by atoms with Crippen LogP contribution in [0.25, 0.3) is 0 Å². The van der Waals surface area contributed by atoms with Crippen LogP contribution in [0.3, 0.4) is 0 Å². The third-order valence-corrected chi connectivity index (χ3v) is 7.33. The van der Waals surface area contributed by atoms with Crippen LogP contribution in [0, 0.1) is 11.3 Å². The van der Waals surface area contributed by atoms with Crippen LogP contribution in [0.2, 0.25) is 5.02 Å². The average Bonchev–Trinajstić information content (AvgIpc) is 2.64. The first-order valence-corrected chi connectivity index (χ1v) is 11.6. The molecule has 0 amide bonds. The summed E-state index contributed by atoms with van der Waals surface area (Å²) in [6, 6.07) is 6.80. The zero-order valence-corrected chi connectivity index (χ0v) is 18.5. The largest absolute Gasteiger partial charge is 0.294 e. The van der Waals surface area contributed by atoms with Crippen LogP contribution >= 0.6 is 11.6 Å². The van der Waals surface area contributed by atoms with Crippen LogP contribution < -0.4 is 0 Å². The zero-order chi connectivity index (χ0) is 19.3. The fourth-order valence-corrected chi connectivity index (χ4v) is 5.19. The molecule has 0 bridgehead atoms. The van der Waals surface area contributed by atoms with E-state index in [0.29, 0.717) is 11.3 Å². The summed E-state index contributed by atoms with van der Waals surface area (Å²) in [5, 5.41) is 0.930. The molecule has 2 heteroatoms. The van der Waals surface area contributed by atoms with Crippen molar-refractivity contribution in [1.82, 2.24) is 0 Å². The van der Waals surface area contributed by atoms with Crippen molar-refractivity contribution in [2.24, 2.45) is 16.3 Å². The van der Waals surface area contributed by atoms with Crippen molar-refractivity contribution in [1.29, 1.82) is 0 Å². The molecule has 0 radical (unpaired) electrons. The van der Waals surface area contributed by atoms with E-state index in [0.717, 1.165) is 23.9 Å². The zero-order valence-electron chi connectivity index (χ0n) is 17.7. The predicted molar refractivity (Wildman–Crippen MR) is 119 cm³/mol. The molecule has 0 heterocycles. The number of hydrogen-bond donors (Lipinski definition) is 0. The molecule has 1 nitrogen and oxygen atoms in total. The molecular formula is C25H38ClN. The normalized spacial score (nSPS) is 22.1. The van der Waals surface area contributed by atoms with E-state index in [1.165, 1.54) is 81.0 Å². The van der Waals surface area contributed by atoms with Gasteiger partial charge in [-0.05, 0) is 73.5 Å². The molecule has 3 rings (SSSR count). The van der Waals surface area contributed by atoms with Crippen molar-refractivity contribution >= 4 is 17.3 Å². The molecule has 150 valence electrons. The van der Waals surface area contributed by atoms with Gasteiger partial charge in [-0.1, -0.05) is 69.7 Å². The maximum absolute atomic E-state index is 6.65. The lowest BCUT2D eigenvalue weighted by atomic mass is 9.71. The predicted octanol–water partition coefficient (Wildman–Crippen LogP) is 8.00. The quantitative estimate of drug-likeness (QED) is 0.438. The first kappa shape index (κ1) is 20.9. The Kier molecular flexibility index (Phi) is 7.42. The molecule has 0 aromatic heterocycles. The number of hydrogen-bond acceptors (Lipinski definition) is 1. The SMILES string of the molecule is CC(Cc1ccc(C2CCC(C)(C)CC2)cc1Cl)=NCCC1CCCCC1. The third-order valence-electron chi connectivity index (χ3n) is 6.98. The van der Waals surface area contributed by atoms with E-state index < -0.39 is 0 Å². The molecule has 0 N–H and O–H groups in total. The molecule has 2 aliphatic rings. The van der Waals surface area contributed by atoms with Gasteiger partial charge in [0.15, 0.2) is 0 Å². The van der Waals surface area contributed by atoms with E-state index in [1.54, 1.807) is 0 Å². The van der Waals surface area contributed by atoms with Crippen molar-refractivity contribution in [3.63, 3.8) is 0 Å². The highest BCUT2D eigenvalue weighted by molar-refractivity contribution is 6.31. The van der Waals surface area contributed by atoms with Crippen molar-refractivity contribution in [3.05, 3.63) is 34.3 Å². The molecule has 0 aliphatic heterocycles. The third kappa shape index (κ3) is 6.34. The molecule has 2 aliphatic carbocycles. The van der Waals surface area contributed by atoms with E-state index in [2.05, 4.69) is 39.0 Å². The van der Waals surface area contributed by atoms with Gasteiger partial charge in [-0.15, -0.1) is 0 Å². The molecule has 0 saturated heterocycles. The molecule has 0 spiro atoms. The highest BCUT2D eigenvalue weighted by Gasteiger charge is 2.27. The lowest BCUT2D eigenvalue weighted by molar-refractivity contribution is 0.224. The molecular weight excluding hydrogens is 350 g/mol. The Morgan fingerprint density at radius 3 is 2.44 bits per heavy atom. The molecule has 0 atom stereocenters. The Balaban J connectivity index is 1.51. The minimum Gasteiger partial charge on any atom is -0.294 e. The fourth-order valence-electron chi connectivity index (χ4n) is 4.94. The summed E-state index contributed by atoms with van der Waals surface area (Å²) >= 11 is 6.65. The Morgan fingerprint density at radius 1 is 1.07 bits per heavy atom. The van der Waals surface area contributed by atoms with Gasteiger partial charge in [-0.25, -0.2) is 0 Å². The summed E-state index contributed by atoms with van der Waals surface area (Å²) in [6.07, 6.45) is 14.5. The lowest BCUT2D eigenvalue weighted by Crippen LogP contribution is -2.20. The number of rotatable bonds is 6. The average molecular weight is 388 g/mol. The Bertz CT molecular complexity index is 630. The van der Waals surface area contributed by atoms with Gasteiger partial charge < -0.3 is 0 Å². The maximum atomic E-state index is 6.65. The summed E-state index contributed by atoms with van der Waals surface area (Å²) in [7, 11) is 0. The van der Waals surface area contributed by atoms with Gasteiger partial charge in [0.05, 0.1) is 0 Å². The van der Waals surface area contributed by atoms with Gasteiger partial charge in [-0.2, -0.15) is 0 Å². The molecule has 1 aromatic carbocycles. The minimum absolute atomic E-state index is 0.519. The van der Waals surface area contributed by atoms with Gasteiger partial charge in [0, 0.05) is 23.7 Å². The Hall–Kier alpha value is -0.820. The second kappa shape index (κ2) is 9.59. The lowest BCUT2D eigenvalue weighted by Gasteiger charge is -2.34. The highest BCUT2D eigenvalue weighted by Crippen LogP contribution is 2.43. The smallest absolute Gasteiger partial charge is 0.0444 e. The number of halogens is 1. The van der Waals surface area contributed by atoms with Crippen LogP contribution in [0.1, 0.15) is 102 Å². The summed E-state index contributed by atoms with van der Waals surface area (Å²) in [5.74, 6) is 1.61. The van der Waals surface area contributed by atoms with Crippen LogP contribution in [-0.4, -0.2) is 12.3 Å². The summed E-state index contributed by atoms with van der Waals surface area (Å²) in [5.41, 5.74) is 4.41. The van der Waals surface area contributed by atoms with E-state index in [4.69, 9.17) is 16.6 Å². The molecule has 27 heavy (non-hydrogen) atoms. The van der Waals surface area contributed by atoms with Crippen LogP contribution in [0.4, 0.5) is 0 Å². The Morgan fingerprint density at radius 2 is 1.78 bits per heavy atom. The van der Waals surface area contributed by atoms with E-state index in [1.807, 2.05) is 0 Å². The summed E-state index contributed by atoms with van der Waals surface area (Å²) in [6.45, 7) is 7.95. The summed E-state index contributed by atoms with van der Waals surface area (Å²) < 4.78 is 0. The molecule has 2 saturated carbocycles. The van der Waals surface area contributed by atoms with Crippen molar-refractivity contribution in [2.75, 3.05) is 6.54 Å². The van der Waals surface area contributed by atoms with Gasteiger partial charge in [0.2, 0.25) is 0 Å². The van der Waals surface area contributed by atoms with Crippen LogP contribution in [0.15, 0.2) is 23.2 Å². The monoisotopic (exact) mass is 387 g/mol. The van der Waals surface area contributed by atoms with E-state index >= 15 is 0 Å². The van der Waals surface area contributed by atoms with Crippen LogP contribution in [0.5, 0.6) is 0 Å². The highest BCUT2D eigenvalue weighted by atomic mass is 35.5. The summed E-state index contributed by atoms with van der Waals surface area (Å²) in [4.78, 5) is 4.84. The number of nitrogens with zero attached hydrogens (tertiary/aromatic N) is 1. The first-order chi connectivity index (χ1) is 12.9. The Labute approximate surface area is 172 Å². The van der Waals surface area contributed by atoms with E-state index in [9.17, 15) is 0 Å². The van der Waals surface area contributed by atoms with Crippen molar-refractivity contribution < 1.29 is 0 Å². The second-order valence-electron chi connectivity index (χ2n) is 9.88. The van der Waals surface area contributed by atoms with Crippen molar-refractivity contribution in [2.45, 2.75) is 97.3 Å². The number of benzene rings is 1. The maximum Gasteiger partial charge on any atom is 0.0444 e. The molecule has 0 unspecified atom stereocenters. The minimum atomic E-state index is 0.519.